The van der Waals surface area contributed by atoms with Gasteiger partial charge in [0.1, 0.15) is 0 Å². The molecule has 1 saturated carbocycles. The first-order valence-corrected chi connectivity index (χ1v) is 6.05. The van der Waals surface area contributed by atoms with E-state index in [2.05, 4.69) is 5.32 Å². The van der Waals surface area contributed by atoms with Crippen LogP contribution in [0.25, 0.3) is 0 Å². The molecule has 0 radical (unpaired) electrons. The standard InChI is InChI=1S/C13H16F2N2O/c14-11-3-1-2-8(12(11)15)6-9(7-16)13(18)17-10-4-5-10/h1-3,9-10H,4-7,16H2,(H,17,18). The lowest BCUT2D eigenvalue weighted by Crippen LogP contribution is -2.37. The smallest absolute Gasteiger partial charge is 0.224 e. The van der Waals surface area contributed by atoms with Crippen LogP contribution in [0, 0.1) is 17.6 Å². The molecule has 1 aromatic carbocycles. The van der Waals surface area contributed by atoms with E-state index in [0.29, 0.717) is 0 Å². The first-order valence-electron chi connectivity index (χ1n) is 6.05. The Morgan fingerprint density at radius 3 is 2.78 bits per heavy atom. The molecule has 0 bridgehead atoms. The van der Waals surface area contributed by atoms with Crippen molar-refractivity contribution in [3.8, 4) is 0 Å². The zero-order valence-corrected chi connectivity index (χ0v) is 9.96. The molecule has 1 aliphatic rings. The zero-order chi connectivity index (χ0) is 13.1. The molecule has 1 fully saturated rings. The average Bonchev–Trinajstić information content (AvgIpc) is 3.14. The van der Waals surface area contributed by atoms with Gasteiger partial charge in [0, 0.05) is 12.6 Å². The van der Waals surface area contributed by atoms with E-state index < -0.39 is 17.6 Å². The summed E-state index contributed by atoms with van der Waals surface area (Å²) in [6.07, 6.45) is 2.09. The number of amides is 1. The van der Waals surface area contributed by atoms with Crippen molar-refractivity contribution < 1.29 is 13.6 Å². The highest BCUT2D eigenvalue weighted by molar-refractivity contribution is 5.79. The number of halogens is 2. The monoisotopic (exact) mass is 254 g/mol. The molecule has 3 N–H and O–H groups in total. The van der Waals surface area contributed by atoms with Crippen molar-refractivity contribution in [3.05, 3.63) is 35.4 Å². The number of benzene rings is 1. The van der Waals surface area contributed by atoms with Gasteiger partial charge in [-0.1, -0.05) is 12.1 Å². The minimum absolute atomic E-state index is 0.120. The van der Waals surface area contributed by atoms with Gasteiger partial charge in [-0.05, 0) is 30.9 Å². The molecule has 0 aromatic heterocycles. The van der Waals surface area contributed by atoms with E-state index >= 15 is 0 Å². The second-order valence-electron chi connectivity index (χ2n) is 4.63. The van der Waals surface area contributed by atoms with Gasteiger partial charge in [0.05, 0.1) is 5.92 Å². The average molecular weight is 254 g/mol. The number of nitrogens with one attached hydrogen (secondary N) is 1. The minimum Gasteiger partial charge on any atom is -0.353 e. The molecule has 5 heteroatoms. The van der Waals surface area contributed by atoms with E-state index in [4.69, 9.17) is 5.73 Å². The first kappa shape index (κ1) is 13.0. The third kappa shape index (κ3) is 3.04. The van der Waals surface area contributed by atoms with Crippen molar-refractivity contribution in [1.82, 2.24) is 5.32 Å². The maximum Gasteiger partial charge on any atom is 0.224 e. The summed E-state index contributed by atoms with van der Waals surface area (Å²) in [5, 5.41) is 2.82. The summed E-state index contributed by atoms with van der Waals surface area (Å²) in [5.41, 5.74) is 5.72. The Morgan fingerprint density at radius 2 is 2.17 bits per heavy atom. The number of carbonyl (C=O) groups is 1. The fourth-order valence-electron chi connectivity index (χ4n) is 1.80. The van der Waals surface area contributed by atoms with E-state index in [1.807, 2.05) is 0 Å². The Morgan fingerprint density at radius 1 is 1.44 bits per heavy atom. The number of hydrogen-bond acceptors (Lipinski definition) is 2. The summed E-state index contributed by atoms with van der Waals surface area (Å²) in [7, 11) is 0. The van der Waals surface area contributed by atoms with E-state index in [0.717, 1.165) is 18.9 Å². The number of hydrogen-bond donors (Lipinski definition) is 2. The van der Waals surface area contributed by atoms with Gasteiger partial charge >= 0.3 is 0 Å². The Labute approximate surface area is 104 Å². The summed E-state index contributed by atoms with van der Waals surface area (Å²) in [4.78, 5) is 11.8. The Balaban J connectivity index is 2.04. The van der Waals surface area contributed by atoms with Crippen molar-refractivity contribution >= 4 is 5.91 Å². The van der Waals surface area contributed by atoms with E-state index in [1.54, 1.807) is 0 Å². The molecule has 1 aromatic rings. The Hall–Kier alpha value is -1.49. The molecule has 0 spiro atoms. The molecular formula is C13H16F2N2O. The molecule has 0 aliphatic heterocycles. The molecule has 18 heavy (non-hydrogen) atoms. The predicted octanol–water partition coefficient (Wildman–Crippen LogP) is 1.36. The maximum absolute atomic E-state index is 13.5. The zero-order valence-electron chi connectivity index (χ0n) is 9.96. The van der Waals surface area contributed by atoms with Crippen LogP contribution in [-0.2, 0) is 11.2 Å². The molecule has 1 unspecified atom stereocenters. The largest absolute Gasteiger partial charge is 0.353 e. The van der Waals surface area contributed by atoms with Crippen LogP contribution in [-0.4, -0.2) is 18.5 Å². The van der Waals surface area contributed by atoms with Gasteiger partial charge < -0.3 is 11.1 Å². The van der Waals surface area contributed by atoms with Crippen molar-refractivity contribution in [2.75, 3.05) is 6.54 Å². The highest BCUT2D eigenvalue weighted by atomic mass is 19.2. The van der Waals surface area contributed by atoms with Crippen LogP contribution in [0.4, 0.5) is 8.78 Å². The van der Waals surface area contributed by atoms with Crippen molar-refractivity contribution in [1.29, 1.82) is 0 Å². The van der Waals surface area contributed by atoms with E-state index in [-0.39, 0.29) is 30.5 Å². The summed E-state index contributed by atoms with van der Waals surface area (Å²) in [6, 6.07) is 4.20. The van der Waals surface area contributed by atoms with Crippen LogP contribution < -0.4 is 11.1 Å². The highest BCUT2D eigenvalue weighted by Gasteiger charge is 2.27. The maximum atomic E-state index is 13.5. The summed E-state index contributed by atoms with van der Waals surface area (Å²) < 4.78 is 26.5. The van der Waals surface area contributed by atoms with Gasteiger partial charge in [0.15, 0.2) is 11.6 Å². The lowest BCUT2D eigenvalue weighted by atomic mass is 9.98. The summed E-state index contributed by atoms with van der Waals surface area (Å²) in [5.74, 6) is -2.48. The van der Waals surface area contributed by atoms with Gasteiger partial charge in [-0.3, -0.25) is 4.79 Å². The second-order valence-corrected chi connectivity index (χ2v) is 4.63. The molecular weight excluding hydrogens is 238 g/mol. The molecule has 1 aliphatic carbocycles. The highest BCUT2D eigenvalue weighted by Crippen LogP contribution is 2.20. The fourth-order valence-corrected chi connectivity index (χ4v) is 1.80. The van der Waals surface area contributed by atoms with Crippen LogP contribution >= 0.6 is 0 Å². The first-order chi connectivity index (χ1) is 8.61. The van der Waals surface area contributed by atoms with Gasteiger partial charge in [-0.15, -0.1) is 0 Å². The fraction of sp³-hybridized carbons (Fsp3) is 0.462. The third-order valence-corrected chi connectivity index (χ3v) is 3.08. The number of carbonyl (C=O) groups excluding carboxylic acids is 1. The van der Waals surface area contributed by atoms with Gasteiger partial charge in [-0.2, -0.15) is 0 Å². The molecule has 1 atom stereocenters. The lowest BCUT2D eigenvalue weighted by molar-refractivity contribution is -0.124. The molecule has 2 rings (SSSR count). The van der Waals surface area contributed by atoms with E-state index in [9.17, 15) is 13.6 Å². The Bertz CT molecular complexity index is 447. The molecule has 0 heterocycles. The normalized spacial score (nSPS) is 16.4. The Kier molecular flexibility index (Phi) is 3.91. The van der Waals surface area contributed by atoms with Gasteiger partial charge in [-0.25, -0.2) is 8.78 Å². The third-order valence-electron chi connectivity index (χ3n) is 3.08. The summed E-state index contributed by atoms with van der Waals surface area (Å²) in [6.45, 7) is 0.120. The van der Waals surface area contributed by atoms with Crippen LogP contribution in [0.15, 0.2) is 18.2 Å². The van der Waals surface area contributed by atoms with Crippen LogP contribution in [0.3, 0.4) is 0 Å². The van der Waals surface area contributed by atoms with E-state index in [1.165, 1.54) is 12.1 Å². The second kappa shape index (κ2) is 5.44. The lowest BCUT2D eigenvalue weighted by Gasteiger charge is -2.15. The topological polar surface area (TPSA) is 55.1 Å². The number of nitrogens with two attached hydrogens (primary N) is 1. The SMILES string of the molecule is NCC(Cc1cccc(F)c1F)C(=O)NC1CC1. The van der Waals surface area contributed by atoms with Crippen LogP contribution in [0.5, 0.6) is 0 Å². The van der Waals surface area contributed by atoms with Crippen LogP contribution in [0.2, 0.25) is 0 Å². The van der Waals surface area contributed by atoms with Crippen molar-refractivity contribution in [2.24, 2.45) is 11.7 Å². The quantitative estimate of drug-likeness (QED) is 0.833. The van der Waals surface area contributed by atoms with Crippen molar-refractivity contribution in [2.45, 2.75) is 25.3 Å². The summed E-state index contributed by atoms with van der Waals surface area (Å²) >= 11 is 0. The van der Waals surface area contributed by atoms with Gasteiger partial charge in [0.25, 0.3) is 0 Å². The van der Waals surface area contributed by atoms with Gasteiger partial charge in [0.2, 0.25) is 5.91 Å². The molecule has 98 valence electrons. The number of rotatable bonds is 5. The predicted molar refractivity (Wildman–Crippen MR) is 63.8 cm³/mol. The molecule has 1 amide bonds. The van der Waals surface area contributed by atoms with Crippen LogP contribution in [0.1, 0.15) is 18.4 Å². The molecule has 3 nitrogen and oxygen atoms in total. The van der Waals surface area contributed by atoms with Crippen molar-refractivity contribution in [3.63, 3.8) is 0 Å². The molecule has 0 saturated heterocycles. The minimum atomic E-state index is -0.897.